The molecule has 1 N–H and O–H groups in total. The number of nitrogens with one attached hydrogen (secondary N) is 1. The summed E-state index contributed by atoms with van der Waals surface area (Å²) >= 11 is 5.97. The van der Waals surface area contributed by atoms with Crippen molar-refractivity contribution in [2.24, 2.45) is 5.41 Å². The van der Waals surface area contributed by atoms with Crippen LogP contribution in [0.4, 0.5) is 5.69 Å². The van der Waals surface area contributed by atoms with E-state index in [1.165, 1.54) is 51.3 Å². The Labute approximate surface area is 133 Å². The van der Waals surface area contributed by atoms with E-state index in [2.05, 4.69) is 34.2 Å². The lowest BCUT2D eigenvalue weighted by atomic mass is 9.83. The molecule has 116 valence electrons. The SMILES string of the molecule is CCC1(CN2CCN(c3ccc(Cl)cc3)CC2)CCNC1. The van der Waals surface area contributed by atoms with Crippen LogP contribution in [0.1, 0.15) is 19.8 Å². The van der Waals surface area contributed by atoms with Crippen LogP contribution in [-0.4, -0.2) is 50.7 Å². The van der Waals surface area contributed by atoms with E-state index >= 15 is 0 Å². The van der Waals surface area contributed by atoms with Gasteiger partial charge in [-0.25, -0.2) is 0 Å². The maximum atomic E-state index is 5.97. The molecule has 3 rings (SSSR count). The number of anilines is 1. The van der Waals surface area contributed by atoms with E-state index in [9.17, 15) is 0 Å². The first-order valence-corrected chi connectivity index (χ1v) is 8.52. The Kier molecular flexibility index (Phi) is 4.72. The number of halogens is 1. The normalized spacial score (nSPS) is 27.2. The maximum Gasteiger partial charge on any atom is 0.0407 e. The monoisotopic (exact) mass is 307 g/mol. The molecule has 2 heterocycles. The van der Waals surface area contributed by atoms with E-state index < -0.39 is 0 Å². The van der Waals surface area contributed by atoms with Gasteiger partial charge in [-0.15, -0.1) is 0 Å². The summed E-state index contributed by atoms with van der Waals surface area (Å²) in [5.74, 6) is 0. The first-order valence-electron chi connectivity index (χ1n) is 8.14. The third-order valence-corrected chi connectivity index (χ3v) is 5.46. The van der Waals surface area contributed by atoms with Crippen molar-refractivity contribution in [2.75, 3.05) is 50.7 Å². The van der Waals surface area contributed by atoms with Crippen LogP contribution in [0.15, 0.2) is 24.3 Å². The predicted molar refractivity (Wildman–Crippen MR) is 90.3 cm³/mol. The van der Waals surface area contributed by atoms with Crippen LogP contribution in [0.5, 0.6) is 0 Å². The lowest BCUT2D eigenvalue weighted by Gasteiger charge is -2.40. The molecule has 1 aromatic rings. The van der Waals surface area contributed by atoms with E-state index in [1.54, 1.807) is 0 Å². The molecule has 0 saturated carbocycles. The van der Waals surface area contributed by atoms with Crippen molar-refractivity contribution in [2.45, 2.75) is 19.8 Å². The topological polar surface area (TPSA) is 18.5 Å². The fraction of sp³-hybridized carbons (Fsp3) is 0.647. The largest absolute Gasteiger partial charge is 0.369 e. The average Bonchev–Trinajstić information content (AvgIpc) is 2.98. The quantitative estimate of drug-likeness (QED) is 0.923. The lowest BCUT2D eigenvalue weighted by Crippen LogP contribution is -2.50. The number of hydrogen-bond acceptors (Lipinski definition) is 3. The molecule has 1 atom stereocenters. The second-order valence-electron chi connectivity index (χ2n) is 6.52. The van der Waals surface area contributed by atoms with Crippen molar-refractivity contribution in [1.29, 1.82) is 0 Å². The highest BCUT2D eigenvalue weighted by Gasteiger charge is 2.34. The number of benzene rings is 1. The fourth-order valence-electron chi connectivity index (χ4n) is 3.63. The van der Waals surface area contributed by atoms with Crippen LogP contribution in [0.25, 0.3) is 0 Å². The Hall–Kier alpha value is -0.770. The summed E-state index contributed by atoms with van der Waals surface area (Å²) in [4.78, 5) is 5.13. The van der Waals surface area contributed by atoms with Crippen LogP contribution in [0.2, 0.25) is 5.02 Å². The molecule has 0 spiro atoms. The minimum Gasteiger partial charge on any atom is -0.369 e. The van der Waals surface area contributed by atoms with Crippen molar-refractivity contribution in [3.8, 4) is 0 Å². The van der Waals surface area contributed by atoms with E-state index in [0.29, 0.717) is 5.41 Å². The van der Waals surface area contributed by atoms with Crippen molar-refractivity contribution in [3.05, 3.63) is 29.3 Å². The molecule has 2 fully saturated rings. The first-order chi connectivity index (χ1) is 10.2. The molecule has 2 aliphatic rings. The van der Waals surface area contributed by atoms with E-state index in [1.807, 2.05) is 12.1 Å². The predicted octanol–water partition coefficient (Wildman–Crippen LogP) is 2.85. The highest BCUT2D eigenvalue weighted by molar-refractivity contribution is 6.30. The highest BCUT2D eigenvalue weighted by Crippen LogP contribution is 2.31. The van der Waals surface area contributed by atoms with Gasteiger partial charge in [-0.3, -0.25) is 4.90 Å². The molecule has 0 aromatic heterocycles. The molecule has 1 unspecified atom stereocenters. The van der Waals surface area contributed by atoms with Crippen molar-refractivity contribution < 1.29 is 0 Å². The van der Waals surface area contributed by atoms with Crippen LogP contribution in [0, 0.1) is 5.41 Å². The third-order valence-electron chi connectivity index (χ3n) is 5.21. The second kappa shape index (κ2) is 6.55. The summed E-state index contributed by atoms with van der Waals surface area (Å²) in [6.07, 6.45) is 2.62. The molecule has 0 radical (unpaired) electrons. The van der Waals surface area contributed by atoms with Gasteiger partial charge in [0.1, 0.15) is 0 Å². The van der Waals surface area contributed by atoms with Crippen molar-refractivity contribution in [1.82, 2.24) is 10.2 Å². The van der Waals surface area contributed by atoms with E-state index in [4.69, 9.17) is 11.6 Å². The van der Waals surface area contributed by atoms with Crippen LogP contribution >= 0.6 is 11.6 Å². The number of nitrogens with zero attached hydrogens (tertiary/aromatic N) is 2. The van der Waals surface area contributed by atoms with Gasteiger partial charge in [0.15, 0.2) is 0 Å². The van der Waals surface area contributed by atoms with E-state index in [0.717, 1.165) is 18.1 Å². The molecule has 0 amide bonds. The van der Waals surface area contributed by atoms with Gasteiger partial charge in [-0.05, 0) is 49.1 Å². The maximum absolute atomic E-state index is 5.97. The first kappa shape index (κ1) is 15.1. The second-order valence-corrected chi connectivity index (χ2v) is 6.96. The van der Waals surface area contributed by atoms with Gasteiger partial charge in [0.2, 0.25) is 0 Å². The summed E-state index contributed by atoms with van der Waals surface area (Å²) < 4.78 is 0. The van der Waals surface area contributed by atoms with Gasteiger partial charge in [0.25, 0.3) is 0 Å². The molecule has 2 aliphatic heterocycles. The van der Waals surface area contributed by atoms with Crippen LogP contribution in [-0.2, 0) is 0 Å². The van der Waals surface area contributed by atoms with Gasteiger partial charge in [-0.2, -0.15) is 0 Å². The molecular weight excluding hydrogens is 282 g/mol. The summed E-state index contributed by atoms with van der Waals surface area (Å²) in [6, 6.07) is 8.23. The van der Waals surface area contributed by atoms with Crippen molar-refractivity contribution in [3.63, 3.8) is 0 Å². The summed E-state index contributed by atoms with van der Waals surface area (Å²) in [6.45, 7) is 10.6. The summed E-state index contributed by atoms with van der Waals surface area (Å²) in [5, 5.41) is 4.36. The number of hydrogen-bond donors (Lipinski definition) is 1. The molecule has 3 nitrogen and oxygen atoms in total. The Morgan fingerprint density at radius 2 is 1.86 bits per heavy atom. The van der Waals surface area contributed by atoms with Gasteiger partial charge >= 0.3 is 0 Å². The summed E-state index contributed by atoms with van der Waals surface area (Å²) in [5.41, 5.74) is 1.81. The molecule has 1 aromatic carbocycles. The Balaban J connectivity index is 1.54. The standard InChI is InChI=1S/C17H26ClN3/c1-2-17(7-8-19-13-17)14-20-9-11-21(12-10-20)16-5-3-15(18)4-6-16/h3-6,19H,2,7-14H2,1H3. The zero-order valence-electron chi connectivity index (χ0n) is 12.9. The lowest BCUT2D eigenvalue weighted by molar-refractivity contribution is 0.151. The Bertz CT molecular complexity index is 446. The minimum atomic E-state index is 0.516. The third kappa shape index (κ3) is 3.53. The average molecular weight is 308 g/mol. The smallest absolute Gasteiger partial charge is 0.0407 e. The zero-order chi connectivity index (χ0) is 14.7. The highest BCUT2D eigenvalue weighted by atomic mass is 35.5. The summed E-state index contributed by atoms with van der Waals surface area (Å²) in [7, 11) is 0. The number of piperazine rings is 1. The molecular formula is C17H26ClN3. The molecule has 0 bridgehead atoms. The molecule has 21 heavy (non-hydrogen) atoms. The van der Waals surface area contributed by atoms with Crippen LogP contribution < -0.4 is 10.2 Å². The molecule has 4 heteroatoms. The van der Waals surface area contributed by atoms with Gasteiger partial charge < -0.3 is 10.2 Å². The van der Waals surface area contributed by atoms with Gasteiger partial charge in [0, 0.05) is 50.0 Å². The van der Waals surface area contributed by atoms with Gasteiger partial charge in [-0.1, -0.05) is 18.5 Å². The van der Waals surface area contributed by atoms with Crippen molar-refractivity contribution >= 4 is 17.3 Å². The van der Waals surface area contributed by atoms with Crippen LogP contribution in [0.3, 0.4) is 0 Å². The van der Waals surface area contributed by atoms with Gasteiger partial charge in [0.05, 0.1) is 0 Å². The molecule has 0 aliphatic carbocycles. The zero-order valence-corrected chi connectivity index (χ0v) is 13.7. The Morgan fingerprint density at radius 1 is 1.14 bits per heavy atom. The Morgan fingerprint density at radius 3 is 2.43 bits per heavy atom. The van der Waals surface area contributed by atoms with E-state index in [-0.39, 0.29) is 0 Å². The molecule has 2 saturated heterocycles. The fourth-order valence-corrected chi connectivity index (χ4v) is 3.76. The number of rotatable bonds is 4. The minimum absolute atomic E-state index is 0.516.